The maximum Gasteiger partial charge on any atom is 0.337 e. The zero-order valence-corrected chi connectivity index (χ0v) is 11.7. The lowest BCUT2D eigenvalue weighted by atomic mass is 9.85. The number of carbonyl (C=O) groups is 1. The fourth-order valence-electron chi connectivity index (χ4n) is 2.45. The number of carbonyl (C=O) groups excluding carboxylic acids is 1. The molecule has 1 aromatic rings. The number of nitrogens with zero attached hydrogens (tertiary/aromatic N) is 1. The van der Waals surface area contributed by atoms with Crippen LogP contribution in [0.5, 0.6) is 0 Å². The molecule has 4 nitrogen and oxygen atoms in total. The van der Waals surface area contributed by atoms with E-state index in [2.05, 4.69) is 11.8 Å². The van der Waals surface area contributed by atoms with Crippen molar-refractivity contribution in [3.05, 3.63) is 23.8 Å². The van der Waals surface area contributed by atoms with Gasteiger partial charge in [0.05, 0.1) is 24.0 Å². The molecule has 2 rings (SSSR count). The first-order valence-electron chi connectivity index (χ1n) is 6.88. The van der Waals surface area contributed by atoms with Gasteiger partial charge in [0.15, 0.2) is 0 Å². The van der Waals surface area contributed by atoms with Crippen LogP contribution < -0.4 is 10.6 Å². The van der Waals surface area contributed by atoms with Crippen molar-refractivity contribution in [1.29, 1.82) is 0 Å². The summed E-state index contributed by atoms with van der Waals surface area (Å²) in [7, 11) is 1.39. The maximum absolute atomic E-state index is 11.6. The second-order valence-corrected chi connectivity index (χ2v) is 5.10. The van der Waals surface area contributed by atoms with Crippen LogP contribution in [-0.2, 0) is 4.74 Å². The molecule has 0 atom stereocenters. The highest BCUT2D eigenvalue weighted by Gasteiger charge is 2.21. The predicted molar refractivity (Wildman–Crippen MR) is 77.4 cm³/mol. The van der Waals surface area contributed by atoms with Gasteiger partial charge in [0.2, 0.25) is 0 Å². The normalized spacial score (nSPS) is 14.8. The van der Waals surface area contributed by atoms with E-state index < -0.39 is 0 Å². The molecule has 1 aliphatic rings. The van der Waals surface area contributed by atoms with Gasteiger partial charge in [-0.05, 0) is 43.9 Å². The molecule has 0 aliphatic heterocycles. The zero-order valence-electron chi connectivity index (χ0n) is 11.7. The molecular weight excluding hydrogens is 240 g/mol. The van der Waals surface area contributed by atoms with Crippen LogP contribution >= 0.6 is 0 Å². The molecule has 1 aliphatic carbocycles. The molecule has 0 saturated heterocycles. The van der Waals surface area contributed by atoms with Crippen molar-refractivity contribution in [3.8, 4) is 0 Å². The number of methoxy groups -OCH3 is 1. The van der Waals surface area contributed by atoms with Gasteiger partial charge in [-0.15, -0.1) is 0 Å². The Morgan fingerprint density at radius 3 is 2.74 bits per heavy atom. The first kappa shape index (κ1) is 13.7. The van der Waals surface area contributed by atoms with E-state index in [1.54, 1.807) is 12.1 Å². The fourth-order valence-corrected chi connectivity index (χ4v) is 2.45. The van der Waals surface area contributed by atoms with Gasteiger partial charge in [-0.1, -0.05) is 6.42 Å². The van der Waals surface area contributed by atoms with E-state index in [9.17, 15) is 4.79 Å². The smallest absolute Gasteiger partial charge is 0.337 e. The van der Waals surface area contributed by atoms with Crippen LogP contribution in [0, 0.1) is 5.92 Å². The van der Waals surface area contributed by atoms with Crippen molar-refractivity contribution >= 4 is 17.3 Å². The molecular formula is C15H22N2O2. The molecule has 0 unspecified atom stereocenters. The molecule has 2 N–H and O–H groups in total. The Bertz CT molecular complexity index is 455. The van der Waals surface area contributed by atoms with Crippen molar-refractivity contribution in [2.75, 3.05) is 30.8 Å². The van der Waals surface area contributed by atoms with Crippen molar-refractivity contribution in [1.82, 2.24) is 0 Å². The van der Waals surface area contributed by atoms with Gasteiger partial charge in [-0.3, -0.25) is 0 Å². The third-order valence-corrected chi connectivity index (χ3v) is 3.88. The first-order valence-corrected chi connectivity index (χ1v) is 6.88. The Hall–Kier alpha value is -1.71. The topological polar surface area (TPSA) is 55.6 Å². The summed E-state index contributed by atoms with van der Waals surface area (Å²) in [5.41, 5.74) is 8.26. The minimum Gasteiger partial charge on any atom is -0.465 e. The first-order chi connectivity index (χ1) is 9.15. The average Bonchev–Trinajstić information content (AvgIpc) is 2.38. The van der Waals surface area contributed by atoms with Crippen molar-refractivity contribution in [3.63, 3.8) is 0 Å². The molecule has 1 saturated carbocycles. The minimum absolute atomic E-state index is 0.319. The van der Waals surface area contributed by atoms with E-state index in [4.69, 9.17) is 10.5 Å². The van der Waals surface area contributed by atoms with Crippen molar-refractivity contribution < 1.29 is 9.53 Å². The van der Waals surface area contributed by atoms with Crippen LogP contribution in [0.3, 0.4) is 0 Å². The fraction of sp³-hybridized carbons (Fsp3) is 0.533. The van der Waals surface area contributed by atoms with Gasteiger partial charge < -0.3 is 15.4 Å². The lowest BCUT2D eigenvalue weighted by molar-refractivity contribution is 0.0601. The second kappa shape index (κ2) is 5.95. The SMILES string of the molecule is CCN(CC1CCC1)c1cc(C(=O)OC)ccc1N. The molecule has 0 bridgehead atoms. The summed E-state index contributed by atoms with van der Waals surface area (Å²) < 4.78 is 4.76. The molecule has 4 heteroatoms. The number of benzene rings is 1. The van der Waals surface area contributed by atoms with Gasteiger partial charge in [0, 0.05) is 13.1 Å². The maximum atomic E-state index is 11.6. The molecule has 104 valence electrons. The number of anilines is 2. The molecule has 1 aromatic carbocycles. The number of hydrogen-bond acceptors (Lipinski definition) is 4. The third kappa shape index (κ3) is 3.00. The highest BCUT2D eigenvalue weighted by atomic mass is 16.5. The van der Waals surface area contributed by atoms with E-state index in [0.29, 0.717) is 11.3 Å². The summed E-state index contributed by atoms with van der Waals surface area (Å²) in [6.45, 7) is 4.03. The molecule has 0 radical (unpaired) electrons. The molecule has 0 heterocycles. The Balaban J connectivity index is 2.21. The lowest BCUT2D eigenvalue weighted by Crippen LogP contribution is -2.33. The molecule has 1 fully saturated rings. The van der Waals surface area contributed by atoms with E-state index >= 15 is 0 Å². The van der Waals surface area contributed by atoms with E-state index in [0.717, 1.165) is 24.7 Å². The summed E-state index contributed by atoms with van der Waals surface area (Å²) >= 11 is 0. The van der Waals surface area contributed by atoms with Crippen LogP contribution in [0.15, 0.2) is 18.2 Å². The highest BCUT2D eigenvalue weighted by molar-refractivity contribution is 5.92. The van der Waals surface area contributed by atoms with E-state index in [1.165, 1.54) is 26.4 Å². The third-order valence-electron chi connectivity index (χ3n) is 3.88. The van der Waals surface area contributed by atoms with Crippen LogP contribution in [0.2, 0.25) is 0 Å². The summed E-state index contributed by atoms with van der Waals surface area (Å²) in [6, 6.07) is 5.33. The Morgan fingerprint density at radius 1 is 1.47 bits per heavy atom. The number of ether oxygens (including phenoxy) is 1. The van der Waals surface area contributed by atoms with Crippen LogP contribution in [0.25, 0.3) is 0 Å². The van der Waals surface area contributed by atoms with Gasteiger partial charge in [0.25, 0.3) is 0 Å². The predicted octanol–water partition coefficient (Wildman–Crippen LogP) is 2.68. The minimum atomic E-state index is -0.319. The van der Waals surface area contributed by atoms with Gasteiger partial charge in [-0.2, -0.15) is 0 Å². The summed E-state index contributed by atoms with van der Waals surface area (Å²) in [5.74, 6) is 0.446. The second-order valence-electron chi connectivity index (χ2n) is 5.10. The quantitative estimate of drug-likeness (QED) is 0.654. The van der Waals surface area contributed by atoms with Crippen LogP contribution in [-0.4, -0.2) is 26.2 Å². The van der Waals surface area contributed by atoms with Crippen LogP contribution in [0.4, 0.5) is 11.4 Å². The van der Waals surface area contributed by atoms with Crippen LogP contribution in [0.1, 0.15) is 36.5 Å². The van der Waals surface area contributed by atoms with Gasteiger partial charge in [-0.25, -0.2) is 4.79 Å². The standard InChI is InChI=1S/C15H22N2O2/c1-3-17(10-11-5-4-6-11)14-9-12(15(18)19-2)7-8-13(14)16/h7-9,11H,3-6,10,16H2,1-2H3. The molecule has 0 aromatic heterocycles. The Morgan fingerprint density at radius 2 is 2.21 bits per heavy atom. The number of hydrogen-bond donors (Lipinski definition) is 1. The lowest BCUT2D eigenvalue weighted by Gasteiger charge is -2.33. The Kier molecular flexibility index (Phi) is 4.30. The van der Waals surface area contributed by atoms with E-state index in [1.807, 2.05) is 6.07 Å². The highest BCUT2D eigenvalue weighted by Crippen LogP contribution is 2.31. The number of nitrogens with two attached hydrogens (primary N) is 1. The number of rotatable bonds is 5. The van der Waals surface area contributed by atoms with Crippen molar-refractivity contribution in [2.45, 2.75) is 26.2 Å². The molecule has 0 amide bonds. The van der Waals surface area contributed by atoms with E-state index in [-0.39, 0.29) is 5.97 Å². The zero-order chi connectivity index (χ0) is 13.8. The molecule has 0 spiro atoms. The van der Waals surface area contributed by atoms with Gasteiger partial charge in [0.1, 0.15) is 0 Å². The number of esters is 1. The van der Waals surface area contributed by atoms with Gasteiger partial charge >= 0.3 is 5.97 Å². The Labute approximate surface area is 114 Å². The average molecular weight is 262 g/mol. The summed E-state index contributed by atoms with van der Waals surface area (Å²) in [5, 5.41) is 0. The molecule has 19 heavy (non-hydrogen) atoms. The summed E-state index contributed by atoms with van der Waals surface area (Å²) in [4.78, 5) is 13.9. The largest absolute Gasteiger partial charge is 0.465 e. The van der Waals surface area contributed by atoms with Crippen molar-refractivity contribution in [2.24, 2.45) is 5.92 Å². The number of nitrogen functional groups attached to an aromatic ring is 1. The monoisotopic (exact) mass is 262 g/mol. The summed E-state index contributed by atoms with van der Waals surface area (Å²) in [6.07, 6.45) is 3.93.